The van der Waals surface area contributed by atoms with E-state index in [2.05, 4.69) is 4.72 Å². The Labute approximate surface area is 110 Å². The summed E-state index contributed by atoms with van der Waals surface area (Å²) >= 11 is 0. The number of sulfonamides is 1. The number of rotatable bonds is 3. The highest BCUT2D eigenvalue weighted by atomic mass is 32.2. The summed E-state index contributed by atoms with van der Waals surface area (Å²) in [7, 11) is -3.35. The van der Waals surface area contributed by atoms with Crippen LogP contribution < -0.4 is 15.2 Å². The van der Waals surface area contributed by atoms with E-state index in [0.29, 0.717) is 30.0 Å². The number of carbonyl (C=O) groups is 1. The zero-order valence-corrected chi connectivity index (χ0v) is 11.1. The van der Waals surface area contributed by atoms with E-state index >= 15 is 0 Å². The van der Waals surface area contributed by atoms with E-state index in [0.717, 1.165) is 6.26 Å². The first kappa shape index (κ1) is 13.5. The predicted molar refractivity (Wildman–Crippen MR) is 68.4 cm³/mol. The molecule has 1 amide bonds. The second-order valence-electron chi connectivity index (χ2n) is 4.19. The van der Waals surface area contributed by atoms with Crippen molar-refractivity contribution in [2.24, 2.45) is 5.73 Å². The SMILES string of the molecule is CS(=O)(=O)Nc1ccc2c(c1)OCCC2OC(N)=O. The lowest BCUT2D eigenvalue weighted by molar-refractivity contribution is 0.0766. The molecule has 1 aromatic rings. The van der Waals surface area contributed by atoms with Gasteiger partial charge in [0.2, 0.25) is 10.0 Å². The molecule has 1 aromatic carbocycles. The molecule has 0 fully saturated rings. The molecule has 1 atom stereocenters. The minimum atomic E-state index is -3.35. The predicted octanol–water partition coefficient (Wildman–Crippen LogP) is 0.977. The lowest BCUT2D eigenvalue weighted by Crippen LogP contribution is -2.22. The van der Waals surface area contributed by atoms with Crippen LogP contribution in [0.3, 0.4) is 0 Å². The molecule has 7 nitrogen and oxygen atoms in total. The number of amides is 1. The molecule has 0 radical (unpaired) electrons. The Bertz CT molecular complexity index is 599. The number of fused-ring (bicyclic) bond motifs is 1. The third-order valence-electron chi connectivity index (χ3n) is 2.56. The van der Waals surface area contributed by atoms with Crippen molar-refractivity contribution >= 4 is 21.8 Å². The van der Waals surface area contributed by atoms with E-state index in [9.17, 15) is 13.2 Å². The van der Waals surface area contributed by atoms with Gasteiger partial charge < -0.3 is 15.2 Å². The fraction of sp³-hybridized carbons (Fsp3) is 0.364. The molecule has 0 saturated heterocycles. The third kappa shape index (κ3) is 3.50. The lowest BCUT2D eigenvalue weighted by atomic mass is 10.0. The summed E-state index contributed by atoms with van der Waals surface area (Å²) in [4.78, 5) is 10.8. The number of anilines is 1. The highest BCUT2D eigenvalue weighted by Crippen LogP contribution is 2.36. The maximum Gasteiger partial charge on any atom is 0.405 e. The Morgan fingerprint density at radius 2 is 2.26 bits per heavy atom. The maximum atomic E-state index is 11.1. The van der Waals surface area contributed by atoms with Crippen molar-refractivity contribution in [1.29, 1.82) is 0 Å². The van der Waals surface area contributed by atoms with Crippen LogP contribution in [0.5, 0.6) is 5.75 Å². The normalized spacial score (nSPS) is 18.1. The van der Waals surface area contributed by atoms with Gasteiger partial charge in [-0.15, -0.1) is 0 Å². The number of benzene rings is 1. The summed E-state index contributed by atoms with van der Waals surface area (Å²) < 4.78 is 35.0. The molecule has 0 aromatic heterocycles. The van der Waals surface area contributed by atoms with Gasteiger partial charge >= 0.3 is 6.09 Å². The second kappa shape index (κ2) is 4.96. The molecule has 1 aliphatic heterocycles. The van der Waals surface area contributed by atoms with Crippen molar-refractivity contribution in [1.82, 2.24) is 0 Å². The molecule has 19 heavy (non-hydrogen) atoms. The molecule has 1 unspecified atom stereocenters. The third-order valence-corrected chi connectivity index (χ3v) is 3.17. The summed E-state index contributed by atoms with van der Waals surface area (Å²) in [5.41, 5.74) is 6.06. The Hall–Kier alpha value is -1.96. The van der Waals surface area contributed by atoms with Crippen LogP contribution in [0.2, 0.25) is 0 Å². The van der Waals surface area contributed by atoms with Crippen LogP contribution in [-0.2, 0) is 14.8 Å². The number of hydrogen-bond donors (Lipinski definition) is 2. The fourth-order valence-corrected chi connectivity index (χ4v) is 2.45. The van der Waals surface area contributed by atoms with Gasteiger partial charge in [-0.25, -0.2) is 13.2 Å². The van der Waals surface area contributed by atoms with Gasteiger partial charge in [-0.1, -0.05) is 0 Å². The van der Waals surface area contributed by atoms with Crippen LogP contribution in [0.25, 0.3) is 0 Å². The second-order valence-corrected chi connectivity index (χ2v) is 5.94. The number of carbonyl (C=O) groups excluding carboxylic acids is 1. The molecular formula is C11H14N2O5S. The Balaban J connectivity index is 2.27. The van der Waals surface area contributed by atoms with Gasteiger partial charge in [-0.2, -0.15) is 0 Å². The largest absolute Gasteiger partial charge is 0.493 e. The first-order chi connectivity index (χ1) is 8.85. The maximum absolute atomic E-state index is 11.1. The van der Waals surface area contributed by atoms with E-state index in [1.165, 1.54) is 0 Å². The smallest absolute Gasteiger partial charge is 0.405 e. The van der Waals surface area contributed by atoms with E-state index in [4.69, 9.17) is 15.2 Å². The summed E-state index contributed by atoms with van der Waals surface area (Å²) in [5, 5.41) is 0. The number of primary amides is 1. The average molecular weight is 286 g/mol. The quantitative estimate of drug-likeness (QED) is 0.861. The van der Waals surface area contributed by atoms with E-state index < -0.39 is 22.2 Å². The van der Waals surface area contributed by atoms with Crippen molar-refractivity contribution in [3.8, 4) is 5.75 Å². The van der Waals surface area contributed by atoms with Crippen LogP contribution in [-0.4, -0.2) is 27.4 Å². The lowest BCUT2D eigenvalue weighted by Gasteiger charge is -2.25. The van der Waals surface area contributed by atoms with Crippen molar-refractivity contribution < 1.29 is 22.7 Å². The fourth-order valence-electron chi connectivity index (χ4n) is 1.90. The van der Waals surface area contributed by atoms with Gasteiger partial charge in [-0.3, -0.25) is 4.72 Å². The van der Waals surface area contributed by atoms with Gasteiger partial charge in [0.1, 0.15) is 11.9 Å². The Morgan fingerprint density at radius 1 is 1.53 bits per heavy atom. The van der Waals surface area contributed by atoms with Crippen LogP contribution in [0, 0.1) is 0 Å². The number of hydrogen-bond acceptors (Lipinski definition) is 5. The monoisotopic (exact) mass is 286 g/mol. The highest BCUT2D eigenvalue weighted by Gasteiger charge is 2.24. The van der Waals surface area contributed by atoms with Crippen molar-refractivity contribution in [3.05, 3.63) is 23.8 Å². The van der Waals surface area contributed by atoms with Crippen molar-refractivity contribution in [2.75, 3.05) is 17.6 Å². The Morgan fingerprint density at radius 3 is 2.89 bits per heavy atom. The number of nitrogens with one attached hydrogen (secondary N) is 1. The molecule has 0 aliphatic carbocycles. The van der Waals surface area contributed by atoms with Crippen LogP contribution in [0.4, 0.5) is 10.5 Å². The minimum absolute atomic E-state index is 0.368. The number of ether oxygens (including phenoxy) is 2. The topological polar surface area (TPSA) is 108 Å². The molecule has 0 bridgehead atoms. The van der Waals surface area contributed by atoms with Gasteiger partial charge in [0.05, 0.1) is 18.6 Å². The van der Waals surface area contributed by atoms with E-state index in [1.54, 1.807) is 18.2 Å². The molecule has 104 valence electrons. The molecular weight excluding hydrogens is 272 g/mol. The van der Waals surface area contributed by atoms with E-state index in [1.807, 2.05) is 0 Å². The average Bonchev–Trinajstić information content (AvgIpc) is 2.26. The first-order valence-electron chi connectivity index (χ1n) is 5.56. The standard InChI is InChI=1S/C11H14N2O5S/c1-19(15,16)13-7-2-3-8-9(18-11(12)14)4-5-17-10(8)6-7/h2-3,6,9,13H,4-5H2,1H3,(H2,12,14). The molecule has 0 saturated carbocycles. The van der Waals surface area contributed by atoms with Gasteiger partial charge in [-0.05, 0) is 12.1 Å². The summed E-state index contributed by atoms with van der Waals surface area (Å²) in [6.45, 7) is 0.368. The molecule has 3 N–H and O–H groups in total. The first-order valence-corrected chi connectivity index (χ1v) is 7.45. The summed E-state index contributed by atoms with van der Waals surface area (Å²) in [6.07, 6.45) is 0.255. The van der Waals surface area contributed by atoms with Crippen LogP contribution in [0.15, 0.2) is 18.2 Å². The summed E-state index contributed by atoms with van der Waals surface area (Å²) in [6, 6.07) is 4.77. The zero-order chi connectivity index (χ0) is 14.0. The molecule has 0 spiro atoms. The number of nitrogens with two attached hydrogens (primary N) is 1. The van der Waals surface area contributed by atoms with Crippen LogP contribution in [0.1, 0.15) is 18.1 Å². The molecule has 8 heteroatoms. The van der Waals surface area contributed by atoms with E-state index in [-0.39, 0.29) is 0 Å². The Kier molecular flexibility index (Phi) is 3.52. The molecule has 2 rings (SSSR count). The zero-order valence-electron chi connectivity index (χ0n) is 10.3. The minimum Gasteiger partial charge on any atom is -0.493 e. The van der Waals surface area contributed by atoms with Crippen LogP contribution >= 0.6 is 0 Å². The summed E-state index contributed by atoms with van der Waals surface area (Å²) in [5.74, 6) is 0.478. The molecule has 1 heterocycles. The van der Waals surface area contributed by atoms with Gasteiger partial charge in [0, 0.05) is 18.1 Å². The van der Waals surface area contributed by atoms with Crippen molar-refractivity contribution in [3.63, 3.8) is 0 Å². The van der Waals surface area contributed by atoms with Crippen molar-refractivity contribution in [2.45, 2.75) is 12.5 Å². The van der Waals surface area contributed by atoms with Gasteiger partial charge in [0.25, 0.3) is 0 Å². The van der Waals surface area contributed by atoms with Gasteiger partial charge in [0.15, 0.2) is 0 Å². The molecule has 1 aliphatic rings. The highest BCUT2D eigenvalue weighted by molar-refractivity contribution is 7.92.